The van der Waals surface area contributed by atoms with Gasteiger partial charge >= 0.3 is 0 Å². The topological polar surface area (TPSA) is 27.7 Å². The van der Waals surface area contributed by atoms with Crippen molar-refractivity contribution >= 4 is 0 Å². The molecule has 92 valence electrons. The molecule has 0 aromatic heterocycles. The molecule has 3 aliphatic rings. The van der Waals surface area contributed by atoms with Crippen molar-refractivity contribution in [3.63, 3.8) is 0 Å². The third-order valence-corrected chi connectivity index (χ3v) is 4.13. The van der Waals surface area contributed by atoms with Crippen LogP contribution in [0.1, 0.15) is 12.8 Å². The Bertz CT molecular complexity index is 230. The third kappa shape index (κ3) is 2.40. The van der Waals surface area contributed by atoms with E-state index in [0.29, 0.717) is 6.10 Å². The van der Waals surface area contributed by atoms with Crippen LogP contribution in [-0.2, 0) is 4.74 Å². The fourth-order valence-electron chi connectivity index (χ4n) is 3.18. The van der Waals surface area contributed by atoms with E-state index in [1.807, 2.05) is 0 Å². The molecule has 16 heavy (non-hydrogen) atoms. The predicted octanol–water partition coefficient (Wildman–Crippen LogP) is -0.245. The van der Waals surface area contributed by atoms with Gasteiger partial charge in [0.25, 0.3) is 0 Å². The maximum atomic E-state index is 5.72. The van der Waals surface area contributed by atoms with Gasteiger partial charge in [-0.05, 0) is 12.8 Å². The minimum Gasteiger partial charge on any atom is -0.377 e. The normalized spacial score (nSPS) is 37.5. The predicted molar refractivity (Wildman–Crippen MR) is 63.6 cm³/mol. The first-order valence-electron chi connectivity index (χ1n) is 6.70. The molecule has 4 heteroatoms. The Morgan fingerprint density at radius 2 is 2.25 bits per heavy atom. The van der Waals surface area contributed by atoms with Crippen molar-refractivity contribution in [1.29, 1.82) is 0 Å². The Labute approximate surface area is 97.9 Å². The Morgan fingerprint density at radius 1 is 1.25 bits per heavy atom. The fraction of sp³-hybridized carbons (Fsp3) is 1.00. The number of nitrogens with zero attached hydrogens (tertiary/aromatic N) is 2. The van der Waals surface area contributed by atoms with Gasteiger partial charge in [0.05, 0.1) is 6.10 Å². The van der Waals surface area contributed by atoms with Crippen LogP contribution in [0.3, 0.4) is 0 Å². The minimum absolute atomic E-state index is 0.517. The van der Waals surface area contributed by atoms with Crippen molar-refractivity contribution in [2.45, 2.75) is 25.0 Å². The molecule has 0 aromatic carbocycles. The quantitative estimate of drug-likeness (QED) is 0.702. The van der Waals surface area contributed by atoms with Crippen LogP contribution in [0.2, 0.25) is 0 Å². The molecule has 1 N–H and O–H groups in total. The highest BCUT2D eigenvalue weighted by atomic mass is 16.5. The summed E-state index contributed by atoms with van der Waals surface area (Å²) in [6.07, 6.45) is 3.04. The molecular formula is C12H23N3O. The molecule has 3 fully saturated rings. The van der Waals surface area contributed by atoms with Crippen molar-refractivity contribution in [3.05, 3.63) is 0 Å². The lowest BCUT2D eigenvalue weighted by Gasteiger charge is -2.44. The van der Waals surface area contributed by atoms with Gasteiger partial charge in [0.2, 0.25) is 0 Å². The van der Waals surface area contributed by atoms with E-state index in [1.54, 1.807) is 0 Å². The first kappa shape index (κ1) is 11.0. The first-order chi connectivity index (χ1) is 7.92. The number of rotatable bonds is 2. The molecule has 3 rings (SSSR count). The highest BCUT2D eigenvalue weighted by molar-refractivity contribution is 4.88. The SMILES string of the molecule is C1COC(CN2CCN3CCNCC3C2)C1. The van der Waals surface area contributed by atoms with Gasteiger partial charge in [-0.1, -0.05) is 0 Å². The summed E-state index contributed by atoms with van der Waals surface area (Å²) in [4.78, 5) is 5.24. The summed E-state index contributed by atoms with van der Waals surface area (Å²) >= 11 is 0. The van der Waals surface area contributed by atoms with Crippen LogP contribution in [0.4, 0.5) is 0 Å². The molecule has 0 aliphatic carbocycles. The average molecular weight is 225 g/mol. The summed E-state index contributed by atoms with van der Waals surface area (Å²) in [5, 5.41) is 3.50. The average Bonchev–Trinajstić information content (AvgIpc) is 2.82. The Hall–Kier alpha value is -0.160. The molecule has 2 unspecified atom stereocenters. The molecule has 4 nitrogen and oxygen atoms in total. The number of fused-ring (bicyclic) bond motifs is 1. The molecule has 3 heterocycles. The Balaban J connectivity index is 1.50. The smallest absolute Gasteiger partial charge is 0.0702 e. The summed E-state index contributed by atoms with van der Waals surface area (Å²) in [7, 11) is 0. The van der Waals surface area contributed by atoms with Crippen molar-refractivity contribution in [2.75, 3.05) is 52.4 Å². The first-order valence-corrected chi connectivity index (χ1v) is 6.70. The number of ether oxygens (including phenoxy) is 1. The maximum absolute atomic E-state index is 5.72. The molecule has 0 radical (unpaired) electrons. The van der Waals surface area contributed by atoms with E-state index in [-0.39, 0.29) is 0 Å². The van der Waals surface area contributed by atoms with E-state index in [0.717, 1.165) is 19.2 Å². The second-order valence-electron chi connectivity index (χ2n) is 5.29. The van der Waals surface area contributed by atoms with Gasteiger partial charge in [-0.3, -0.25) is 9.80 Å². The van der Waals surface area contributed by atoms with Gasteiger partial charge < -0.3 is 10.1 Å². The molecular weight excluding hydrogens is 202 g/mol. The second kappa shape index (κ2) is 5.00. The number of piperazine rings is 2. The van der Waals surface area contributed by atoms with E-state index in [9.17, 15) is 0 Å². The molecule has 0 aromatic rings. The van der Waals surface area contributed by atoms with Crippen molar-refractivity contribution in [1.82, 2.24) is 15.1 Å². The van der Waals surface area contributed by atoms with Crippen LogP contribution < -0.4 is 5.32 Å². The summed E-state index contributed by atoms with van der Waals surface area (Å²) in [5.41, 5.74) is 0. The van der Waals surface area contributed by atoms with E-state index < -0.39 is 0 Å². The van der Waals surface area contributed by atoms with Gasteiger partial charge in [0.15, 0.2) is 0 Å². The van der Waals surface area contributed by atoms with Crippen LogP contribution in [0, 0.1) is 0 Å². The van der Waals surface area contributed by atoms with E-state index in [2.05, 4.69) is 15.1 Å². The molecule has 0 bridgehead atoms. The van der Waals surface area contributed by atoms with Gasteiger partial charge in [-0.15, -0.1) is 0 Å². The maximum Gasteiger partial charge on any atom is 0.0702 e. The van der Waals surface area contributed by atoms with Crippen LogP contribution in [0.5, 0.6) is 0 Å². The van der Waals surface area contributed by atoms with Crippen LogP contribution in [-0.4, -0.2) is 74.4 Å². The lowest BCUT2D eigenvalue weighted by Crippen LogP contribution is -2.61. The van der Waals surface area contributed by atoms with Gasteiger partial charge in [0.1, 0.15) is 0 Å². The zero-order valence-corrected chi connectivity index (χ0v) is 10.0. The lowest BCUT2D eigenvalue weighted by atomic mass is 10.1. The van der Waals surface area contributed by atoms with Crippen molar-refractivity contribution in [2.24, 2.45) is 0 Å². The van der Waals surface area contributed by atoms with E-state index in [1.165, 1.54) is 52.1 Å². The van der Waals surface area contributed by atoms with E-state index >= 15 is 0 Å². The summed E-state index contributed by atoms with van der Waals surface area (Å²) < 4.78 is 5.72. The minimum atomic E-state index is 0.517. The number of hydrogen-bond donors (Lipinski definition) is 1. The summed E-state index contributed by atoms with van der Waals surface area (Å²) in [6, 6.07) is 0.740. The second-order valence-corrected chi connectivity index (χ2v) is 5.29. The molecule has 0 amide bonds. The zero-order chi connectivity index (χ0) is 10.8. The Morgan fingerprint density at radius 3 is 3.12 bits per heavy atom. The van der Waals surface area contributed by atoms with Crippen LogP contribution >= 0.6 is 0 Å². The standard InChI is InChI=1S/C12H23N3O/c1-2-12(16-7-1)10-14-5-6-15-4-3-13-8-11(15)9-14/h11-13H,1-10H2. The monoisotopic (exact) mass is 225 g/mol. The fourth-order valence-corrected chi connectivity index (χ4v) is 3.18. The lowest BCUT2D eigenvalue weighted by molar-refractivity contribution is 0.0198. The number of hydrogen-bond acceptors (Lipinski definition) is 4. The summed E-state index contributed by atoms with van der Waals surface area (Å²) in [5.74, 6) is 0. The van der Waals surface area contributed by atoms with Crippen molar-refractivity contribution in [3.8, 4) is 0 Å². The van der Waals surface area contributed by atoms with Crippen LogP contribution in [0.25, 0.3) is 0 Å². The highest BCUT2D eigenvalue weighted by Crippen LogP contribution is 2.17. The molecule has 2 atom stereocenters. The summed E-state index contributed by atoms with van der Waals surface area (Å²) in [6.45, 7) is 9.42. The largest absolute Gasteiger partial charge is 0.377 e. The molecule has 3 saturated heterocycles. The van der Waals surface area contributed by atoms with Crippen LogP contribution in [0.15, 0.2) is 0 Å². The molecule has 0 saturated carbocycles. The highest BCUT2D eigenvalue weighted by Gasteiger charge is 2.30. The van der Waals surface area contributed by atoms with Gasteiger partial charge in [-0.2, -0.15) is 0 Å². The molecule has 3 aliphatic heterocycles. The third-order valence-electron chi connectivity index (χ3n) is 4.13. The zero-order valence-electron chi connectivity index (χ0n) is 10.0. The molecule has 0 spiro atoms. The number of nitrogens with one attached hydrogen (secondary N) is 1. The Kier molecular flexibility index (Phi) is 3.43. The van der Waals surface area contributed by atoms with E-state index in [4.69, 9.17) is 4.74 Å². The van der Waals surface area contributed by atoms with Crippen molar-refractivity contribution < 1.29 is 4.74 Å². The van der Waals surface area contributed by atoms with Gasteiger partial charge in [-0.25, -0.2) is 0 Å². The van der Waals surface area contributed by atoms with Gasteiger partial charge in [0, 0.05) is 58.5 Å².